The molecule has 16 heavy (non-hydrogen) atoms. The Morgan fingerprint density at radius 3 is 2.31 bits per heavy atom. The lowest BCUT2D eigenvalue weighted by Crippen LogP contribution is -2.32. The molecule has 1 unspecified atom stereocenters. The molecule has 0 spiro atoms. The number of alkyl halides is 2. The minimum absolute atomic E-state index is 0.0957. The first-order valence-electron chi connectivity index (χ1n) is 4.18. The van der Waals surface area contributed by atoms with Crippen LogP contribution in [0.5, 0.6) is 0 Å². The molecule has 90 valence electrons. The van der Waals surface area contributed by atoms with Gasteiger partial charge in [0.05, 0.1) is 0 Å². The van der Waals surface area contributed by atoms with Crippen molar-refractivity contribution < 1.29 is 17.9 Å². The number of rotatable bonds is 3. The van der Waals surface area contributed by atoms with Crippen LogP contribution in [0.2, 0.25) is 0 Å². The zero-order valence-corrected chi connectivity index (χ0v) is 12.2. The predicted molar refractivity (Wildman–Crippen MR) is 66.8 cm³/mol. The zero-order chi connectivity index (χ0) is 12.6. The SMILES string of the molecule is CS(=O)(=O)C(Br)(Br)C(O)c1ccccc1F. The molecule has 1 aromatic rings. The number of aliphatic hydroxyl groups excluding tert-OH is 1. The average Bonchev–Trinajstić information content (AvgIpc) is 2.15. The number of hydrogen-bond acceptors (Lipinski definition) is 3. The second-order valence-corrected chi connectivity index (χ2v) is 10.1. The van der Waals surface area contributed by atoms with Crippen LogP contribution in [0.25, 0.3) is 0 Å². The van der Waals surface area contributed by atoms with Crippen LogP contribution in [0.15, 0.2) is 24.3 Å². The molecule has 0 amide bonds. The van der Waals surface area contributed by atoms with Crippen LogP contribution in [0.4, 0.5) is 4.39 Å². The molecule has 0 aromatic heterocycles. The number of aliphatic hydroxyl groups is 1. The highest BCUT2D eigenvalue weighted by atomic mass is 79.9. The number of hydrogen-bond donors (Lipinski definition) is 1. The molecule has 1 N–H and O–H groups in total. The quantitative estimate of drug-likeness (QED) is 0.825. The Hall–Kier alpha value is 0.0200. The van der Waals surface area contributed by atoms with Crippen molar-refractivity contribution in [3.8, 4) is 0 Å². The second-order valence-electron chi connectivity index (χ2n) is 3.26. The molecule has 0 saturated carbocycles. The number of sulfone groups is 1. The van der Waals surface area contributed by atoms with Crippen LogP contribution in [0.1, 0.15) is 11.7 Å². The van der Waals surface area contributed by atoms with Crippen molar-refractivity contribution in [2.45, 2.75) is 8.67 Å². The lowest BCUT2D eigenvalue weighted by molar-refractivity contribution is 0.184. The molecule has 1 atom stereocenters. The van der Waals surface area contributed by atoms with Crippen molar-refractivity contribution in [1.82, 2.24) is 0 Å². The van der Waals surface area contributed by atoms with Gasteiger partial charge in [-0.25, -0.2) is 12.8 Å². The first-order valence-corrected chi connectivity index (χ1v) is 7.65. The molecule has 0 aliphatic rings. The summed E-state index contributed by atoms with van der Waals surface area (Å²) < 4.78 is 34.4. The smallest absolute Gasteiger partial charge is 0.210 e. The van der Waals surface area contributed by atoms with Crippen molar-refractivity contribution in [1.29, 1.82) is 0 Å². The number of benzene rings is 1. The fourth-order valence-electron chi connectivity index (χ4n) is 1.08. The molecular weight excluding hydrogens is 367 g/mol. The van der Waals surface area contributed by atoms with Gasteiger partial charge < -0.3 is 5.11 Å². The van der Waals surface area contributed by atoms with Crippen molar-refractivity contribution in [2.75, 3.05) is 6.26 Å². The standard InChI is InChI=1S/C9H9Br2FO3S/c1-16(14,15)9(10,11)8(13)6-4-2-3-5-7(6)12/h2-5,8,13H,1H3. The maximum Gasteiger partial charge on any atom is 0.210 e. The van der Waals surface area contributed by atoms with Crippen molar-refractivity contribution in [3.05, 3.63) is 35.6 Å². The van der Waals surface area contributed by atoms with Gasteiger partial charge in [0.2, 0.25) is 2.57 Å². The molecule has 0 saturated heterocycles. The van der Waals surface area contributed by atoms with E-state index in [1.807, 2.05) is 0 Å². The summed E-state index contributed by atoms with van der Waals surface area (Å²) in [6.45, 7) is 0. The van der Waals surface area contributed by atoms with Gasteiger partial charge in [-0.1, -0.05) is 50.1 Å². The molecule has 0 aliphatic heterocycles. The third kappa shape index (κ3) is 2.64. The third-order valence-corrected chi connectivity index (χ3v) is 7.62. The van der Waals surface area contributed by atoms with Crippen LogP contribution >= 0.6 is 31.9 Å². The van der Waals surface area contributed by atoms with Gasteiger partial charge in [-0.2, -0.15) is 0 Å². The van der Waals surface area contributed by atoms with Gasteiger partial charge in [0.15, 0.2) is 9.84 Å². The van der Waals surface area contributed by atoms with Gasteiger partial charge in [0.1, 0.15) is 11.9 Å². The Bertz CT molecular complexity index is 487. The Morgan fingerprint density at radius 1 is 1.38 bits per heavy atom. The van der Waals surface area contributed by atoms with Gasteiger partial charge in [0.25, 0.3) is 0 Å². The molecule has 0 heterocycles. The Morgan fingerprint density at radius 2 is 1.88 bits per heavy atom. The fraction of sp³-hybridized carbons (Fsp3) is 0.333. The summed E-state index contributed by atoms with van der Waals surface area (Å²) in [6, 6.07) is 5.44. The molecular formula is C9H9Br2FO3S. The summed E-state index contributed by atoms with van der Waals surface area (Å²) in [5, 5.41) is 9.85. The van der Waals surface area contributed by atoms with Crippen molar-refractivity contribution in [2.24, 2.45) is 0 Å². The van der Waals surface area contributed by atoms with E-state index in [-0.39, 0.29) is 5.56 Å². The Balaban J connectivity index is 3.23. The summed E-state index contributed by atoms with van der Waals surface area (Å²) in [5.74, 6) is -0.665. The Kier molecular flexibility index (Phi) is 4.15. The van der Waals surface area contributed by atoms with E-state index in [1.54, 1.807) is 0 Å². The highest BCUT2D eigenvalue weighted by Crippen LogP contribution is 2.44. The van der Waals surface area contributed by atoms with E-state index in [2.05, 4.69) is 31.9 Å². The molecule has 3 nitrogen and oxygen atoms in total. The first-order chi connectivity index (χ1) is 7.18. The van der Waals surface area contributed by atoms with Crippen LogP contribution in [-0.4, -0.2) is 22.3 Å². The van der Waals surface area contributed by atoms with Gasteiger partial charge in [-0.3, -0.25) is 0 Å². The Labute approximate surface area is 110 Å². The van der Waals surface area contributed by atoms with E-state index in [1.165, 1.54) is 18.2 Å². The summed E-state index contributed by atoms with van der Waals surface area (Å²) in [4.78, 5) is 0. The van der Waals surface area contributed by atoms with E-state index in [4.69, 9.17) is 0 Å². The predicted octanol–water partition coefficient (Wildman–Crippen LogP) is 2.35. The summed E-state index contributed by atoms with van der Waals surface area (Å²) in [7, 11) is -3.65. The molecule has 0 radical (unpaired) electrons. The van der Waals surface area contributed by atoms with E-state index in [9.17, 15) is 17.9 Å². The van der Waals surface area contributed by atoms with Crippen LogP contribution in [0, 0.1) is 5.82 Å². The minimum Gasteiger partial charge on any atom is -0.385 e. The van der Waals surface area contributed by atoms with Crippen molar-refractivity contribution in [3.63, 3.8) is 0 Å². The van der Waals surface area contributed by atoms with E-state index in [0.717, 1.165) is 12.3 Å². The molecule has 0 bridgehead atoms. The summed E-state index contributed by atoms with van der Waals surface area (Å²) in [6.07, 6.45) is -0.621. The molecule has 1 aromatic carbocycles. The van der Waals surface area contributed by atoms with Crippen molar-refractivity contribution >= 4 is 41.7 Å². The molecule has 1 rings (SSSR count). The summed E-state index contributed by atoms with van der Waals surface area (Å²) >= 11 is 5.70. The number of halogens is 3. The van der Waals surface area contributed by atoms with Gasteiger partial charge in [-0.15, -0.1) is 0 Å². The zero-order valence-electron chi connectivity index (χ0n) is 8.19. The maximum atomic E-state index is 13.4. The summed E-state index contributed by atoms with van der Waals surface area (Å²) in [5.41, 5.74) is -0.0957. The highest BCUT2D eigenvalue weighted by Gasteiger charge is 2.44. The second kappa shape index (κ2) is 4.72. The molecule has 7 heteroatoms. The fourth-order valence-corrected chi connectivity index (χ4v) is 2.11. The largest absolute Gasteiger partial charge is 0.385 e. The van der Waals surface area contributed by atoms with Crippen LogP contribution in [0.3, 0.4) is 0 Å². The van der Waals surface area contributed by atoms with E-state index < -0.39 is 24.3 Å². The minimum atomic E-state index is -3.65. The lowest BCUT2D eigenvalue weighted by Gasteiger charge is -2.25. The maximum absolute atomic E-state index is 13.4. The lowest BCUT2D eigenvalue weighted by atomic mass is 10.1. The molecule has 0 aliphatic carbocycles. The van der Waals surface area contributed by atoms with E-state index >= 15 is 0 Å². The van der Waals surface area contributed by atoms with Crippen LogP contribution in [-0.2, 0) is 9.84 Å². The topological polar surface area (TPSA) is 54.4 Å². The van der Waals surface area contributed by atoms with Gasteiger partial charge in [0, 0.05) is 11.8 Å². The third-order valence-electron chi connectivity index (χ3n) is 2.01. The van der Waals surface area contributed by atoms with Gasteiger partial charge >= 0.3 is 0 Å². The monoisotopic (exact) mass is 374 g/mol. The normalized spacial score (nSPS) is 14.8. The van der Waals surface area contributed by atoms with E-state index in [0.29, 0.717) is 0 Å². The molecule has 0 fully saturated rings. The van der Waals surface area contributed by atoms with Gasteiger partial charge in [-0.05, 0) is 6.07 Å². The van der Waals surface area contributed by atoms with Crippen LogP contribution < -0.4 is 0 Å². The average molecular weight is 376 g/mol. The first kappa shape index (κ1) is 14.1. The highest BCUT2D eigenvalue weighted by molar-refractivity contribution is 9.27.